The third-order valence-electron chi connectivity index (χ3n) is 4.46. The summed E-state index contributed by atoms with van der Waals surface area (Å²) in [6, 6.07) is 17.3. The quantitative estimate of drug-likeness (QED) is 0.192. The SMILES string of the molecule is O=C(N/N=C/c1c(Sc2ccc(Cl)cc2)nc2ccccn2c1=O)c1ccc([N+](=O)[O-])cc1. The molecule has 0 aliphatic heterocycles. The molecule has 164 valence electrons. The largest absolute Gasteiger partial charge is 0.271 e. The van der Waals surface area contributed by atoms with E-state index in [2.05, 4.69) is 15.5 Å². The number of hydrazone groups is 1. The third-order valence-corrected chi connectivity index (χ3v) is 5.73. The Kier molecular flexibility index (Phi) is 6.48. The molecule has 0 bridgehead atoms. The maximum absolute atomic E-state index is 13.1. The molecule has 0 radical (unpaired) electrons. The molecule has 2 heterocycles. The topological polar surface area (TPSA) is 119 Å². The lowest BCUT2D eigenvalue weighted by atomic mass is 10.2. The van der Waals surface area contributed by atoms with E-state index in [9.17, 15) is 19.7 Å². The Bertz CT molecular complexity index is 1440. The lowest BCUT2D eigenvalue weighted by molar-refractivity contribution is -0.384. The summed E-state index contributed by atoms with van der Waals surface area (Å²) in [5.41, 5.74) is 2.67. The maximum atomic E-state index is 13.1. The average molecular weight is 480 g/mol. The number of non-ortho nitro benzene ring substituents is 1. The molecule has 1 N–H and O–H groups in total. The summed E-state index contributed by atoms with van der Waals surface area (Å²) in [6.45, 7) is 0. The number of hydrogen-bond acceptors (Lipinski definition) is 7. The summed E-state index contributed by atoms with van der Waals surface area (Å²) < 4.78 is 1.38. The predicted molar refractivity (Wildman–Crippen MR) is 125 cm³/mol. The molecule has 11 heteroatoms. The van der Waals surface area contributed by atoms with Crippen molar-refractivity contribution in [2.75, 3.05) is 0 Å². The van der Waals surface area contributed by atoms with Crippen molar-refractivity contribution in [1.29, 1.82) is 0 Å². The Morgan fingerprint density at radius 1 is 1.12 bits per heavy atom. The number of pyridine rings is 1. The number of amides is 1. The molecule has 0 spiro atoms. The van der Waals surface area contributed by atoms with E-state index in [-0.39, 0.29) is 22.4 Å². The molecule has 4 aromatic rings. The molecule has 0 atom stereocenters. The van der Waals surface area contributed by atoms with Gasteiger partial charge in [-0.25, -0.2) is 10.4 Å². The molecule has 2 aromatic heterocycles. The highest BCUT2D eigenvalue weighted by atomic mass is 35.5. The van der Waals surface area contributed by atoms with Gasteiger partial charge in [-0.1, -0.05) is 29.4 Å². The zero-order valence-corrected chi connectivity index (χ0v) is 18.3. The van der Waals surface area contributed by atoms with Crippen LogP contribution < -0.4 is 11.0 Å². The minimum Gasteiger partial charge on any atom is -0.268 e. The van der Waals surface area contributed by atoms with E-state index in [4.69, 9.17) is 11.6 Å². The Hall–Kier alpha value is -4.02. The monoisotopic (exact) mass is 479 g/mol. The Labute approximate surface area is 195 Å². The molecule has 4 rings (SSSR count). The van der Waals surface area contributed by atoms with Gasteiger partial charge in [-0.2, -0.15) is 5.10 Å². The summed E-state index contributed by atoms with van der Waals surface area (Å²) in [6.07, 6.45) is 2.82. The standard InChI is InChI=1S/C22H14ClN5O4S/c23-15-6-10-17(11-7-15)33-21-18(22(30)27-12-2-1-3-19(27)25-21)13-24-26-20(29)14-4-8-16(9-5-14)28(31)32/h1-13H,(H,26,29)/b24-13+. The number of carbonyl (C=O) groups is 1. The fraction of sp³-hybridized carbons (Fsp3) is 0. The summed E-state index contributed by atoms with van der Waals surface area (Å²) in [5.74, 6) is -0.582. The number of hydrogen-bond donors (Lipinski definition) is 1. The van der Waals surface area contributed by atoms with Crippen LogP contribution in [0.25, 0.3) is 5.65 Å². The van der Waals surface area contributed by atoms with Crippen LogP contribution >= 0.6 is 23.4 Å². The average Bonchev–Trinajstić information content (AvgIpc) is 2.82. The number of carbonyl (C=O) groups excluding carboxylic acids is 1. The second-order valence-electron chi connectivity index (χ2n) is 6.62. The number of fused-ring (bicyclic) bond motifs is 1. The van der Waals surface area contributed by atoms with Crippen LogP contribution in [0.4, 0.5) is 5.69 Å². The van der Waals surface area contributed by atoms with Crippen LogP contribution in [-0.4, -0.2) is 26.4 Å². The number of rotatable bonds is 6. The molecule has 0 aliphatic rings. The molecule has 9 nitrogen and oxygen atoms in total. The fourth-order valence-corrected chi connectivity index (χ4v) is 3.85. The van der Waals surface area contributed by atoms with Crippen molar-refractivity contribution in [2.45, 2.75) is 9.92 Å². The van der Waals surface area contributed by atoms with Crippen molar-refractivity contribution in [2.24, 2.45) is 5.10 Å². The van der Waals surface area contributed by atoms with Crippen LogP contribution in [0, 0.1) is 10.1 Å². The van der Waals surface area contributed by atoms with E-state index in [1.165, 1.54) is 46.6 Å². The second kappa shape index (κ2) is 9.63. The van der Waals surface area contributed by atoms with E-state index in [1.807, 2.05) is 0 Å². The minimum atomic E-state index is -0.582. The molecule has 0 aliphatic carbocycles. The normalized spacial score (nSPS) is 11.1. The number of aromatic nitrogens is 2. The summed E-state index contributed by atoms with van der Waals surface area (Å²) in [4.78, 5) is 40.9. The molecule has 0 saturated carbocycles. The van der Waals surface area contributed by atoms with Crippen LogP contribution in [0.2, 0.25) is 5.02 Å². The van der Waals surface area contributed by atoms with Crippen molar-refractivity contribution >= 4 is 46.8 Å². The molecule has 33 heavy (non-hydrogen) atoms. The highest BCUT2D eigenvalue weighted by molar-refractivity contribution is 7.99. The molecule has 0 unspecified atom stereocenters. The van der Waals surface area contributed by atoms with Crippen LogP contribution in [0.15, 0.2) is 92.7 Å². The van der Waals surface area contributed by atoms with E-state index < -0.39 is 10.8 Å². The van der Waals surface area contributed by atoms with Crippen LogP contribution in [0.1, 0.15) is 15.9 Å². The highest BCUT2D eigenvalue weighted by Crippen LogP contribution is 2.28. The fourth-order valence-electron chi connectivity index (χ4n) is 2.84. The minimum absolute atomic E-state index is 0.130. The first kappa shape index (κ1) is 22.2. The van der Waals surface area contributed by atoms with Crippen LogP contribution in [-0.2, 0) is 0 Å². The van der Waals surface area contributed by atoms with Crippen LogP contribution in [0.5, 0.6) is 0 Å². The lowest BCUT2D eigenvalue weighted by Crippen LogP contribution is -2.22. The zero-order chi connectivity index (χ0) is 23.4. The lowest BCUT2D eigenvalue weighted by Gasteiger charge is -2.08. The zero-order valence-electron chi connectivity index (χ0n) is 16.7. The smallest absolute Gasteiger partial charge is 0.268 e. The molecular formula is C22H14ClN5O4S. The first-order chi connectivity index (χ1) is 15.9. The number of nitrogens with one attached hydrogen (secondary N) is 1. The summed E-state index contributed by atoms with van der Waals surface area (Å²) in [7, 11) is 0. The van der Waals surface area contributed by atoms with Gasteiger partial charge in [0.2, 0.25) is 0 Å². The van der Waals surface area contributed by atoms with Gasteiger partial charge in [-0.05, 0) is 48.5 Å². The van der Waals surface area contributed by atoms with Gasteiger partial charge in [0, 0.05) is 33.8 Å². The third kappa shape index (κ3) is 5.08. The first-order valence-corrected chi connectivity index (χ1v) is 10.6. The van der Waals surface area contributed by atoms with Gasteiger partial charge in [-0.15, -0.1) is 0 Å². The van der Waals surface area contributed by atoms with Gasteiger partial charge in [0.15, 0.2) is 0 Å². The van der Waals surface area contributed by atoms with Crippen LogP contribution in [0.3, 0.4) is 0 Å². The van der Waals surface area contributed by atoms with Gasteiger partial charge in [0.05, 0.1) is 16.7 Å². The Morgan fingerprint density at radius 2 is 1.85 bits per heavy atom. The summed E-state index contributed by atoms with van der Waals surface area (Å²) >= 11 is 7.21. The maximum Gasteiger partial charge on any atom is 0.271 e. The number of nitrogens with zero attached hydrogens (tertiary/aromatic N) is 4. The number of halogens is 1. The number of benzene rings is 2. The van der Waals surface area contributed by atoms with E-state index in [0.717, 1.165) is 4.90 Å². The second-order valence-corrected chi connectivity index (χ2v) is 8.12. The van der Waals surface area contributed by atoms with Crippen molar-refractivity contribution in [1.82, 2.24) is 14.8 Å². The first-order valence-electron chi connectivity index (χ1n) is 9.45. The van der Waals surface area contributed by atoms with Gasteiger partial charge in [-0.3, -0.25) is 24.1 Å². The van der Waals surface area contributed by atoms with E-state index in [1.54, 1.807) is 48.7 Å². The predicted octanol–water partition coefficient (Wildman–Crippen LogP) is 4.17. The number of nitro groups is 1. The van der Waals surface area contributed by atoms with E-state index in [0.29, 0.717) is 15.7 Å². The van der Waals surface area contributed by atoms with Crippen molar-refractivity contribution < 1.29 is 9.72 Å². The van der Waals surface area contributed by atoms with E-state index >= 15 is 0 Å². The Balaban J connectivity index is 1.63. The number of nitro benzene ring substituents is 1. The van der Waals surface area contributed by atoms with Gasteiger partial charge in [0.25, 0.3) is 17.2 Å². The van der Waals surface area contributed by atoms with Gasteiger partial charge in [0.1, 0.15) is 10.7 Å². The Morgan fingerprint density at radius 3 is 2.55 bits per heavy atom. The molecule has 0 saturated heterocycles. The molecule has 0 fully saturated rings. The molecular weight excluding hydrogens is 466 g/mol. The van der Waals surface area contributed by atoms with Crippen molar-refractivity contribution in [3.63, 3.8) is 0 Å². The molecule has 1 amide bonds. The molecule has 2 aromatic carbocycles. The van der Waals surface area contributed by atoms with Gasteiger partial charge < -0.3 is 0 Å². The summed E-state index contributed by atoms with van der Waals surface area (Å²) in [5, 5.41) is 15.7. The highest BCUT2D eigenvalue weighted by Gasteiger charge is 2.14. The van der Waals surface area contributed by atoms with Crippen molar-refractivity contribution in [3.8, 4) is 0 Å². The van der Waals surface area contributed by atoms with Gasteiger partial charge >= 0.3 is 0 Å². The van der Waals surface area contributed by atoms with Crippen molar-refractivity contribution in [3.05, 3.63) is 110 Å².